The number of nitrogens with zero attached hydrogens (tertiary/aromatic N) is 1. The average molecular weight is 263 g/mol. The van der Waals surface area contributed by atoms with Crippen molar-refractivity contribution in [1.29, 1.82) is 0 Å². The van der Waals surface area contributed by atoms with Gasteiger partial charge >= 0.3 is 5.97 Å². The number of carbonyl (C=O) groups is 1. The fourth-order valence-corrected chi connectivity index (χ4v) is 2.22. The number of hydrogen-bond donors (Lipinski definition) is 0. The molecule has 0 amide bonds. The van der Waals surface area contributed by atoms with E-state index in [0.29, 0.717) is 13.2 Å². The third-order valence-corrected chi connectivity index (χ3v) is 3.24. The third-order valence-electron chi connectivity index (χ3n) is 3.24. The number of likely N-dealkylation sites (N-methyl/N-ethyl adjacent to an activating group) is 1. The summed E-state index contributed by atoms with van der Waals surface area (Å²) in [6.07, 6.45) is 1.94. The Morgan fingerprint density at radius 3 is 3.11 bits per heavy atom. The standard InChI is InChI=1S/C15H21NO3/c1-3-18-15(17)11-16(2)8-6-12-4-5-14-13(10-12)7-9-19-14/h4-5,10H,3,6-9,11H2,1-2H3. The van der Waals surface area contributed by atoms with Crippen molar-refractivity contribution in [2.75, 3.05) is 33.4 Å². The van der Waals surface area contributed by atoms with E-state index in [-0.39, 0.29) is 5.97 Å². The summed E-state index contributed by atoms with van der Waals surface area (Å²) in [5, 5.41) is 0. The number of esters is 1. The normalized spacial score (nSPS) is 13.2. The van der Waals surface area contributed by atoms with E-state index in [1.807, 2.05) is 24.9 Å². The molecular formula is C15H21NO3. The van der Waals surface area contributed by atoms with Gasteiger partial charge in [0.05, 0.1) is 19.8 Å². The van der Waals surface area contributed by atoms with E-state index < -0.39 is 0 Å². The largest absolute Gasteiger partial charge is 0.493 e. The van der Waals surface area contributed by atoms with Crippen LogP contribution in [0.1, 0.15) is 18.1 Å². The Morgan fingerprint density at radius 2 is 2.32 bits per heavy atom. The first-order valence-corrected chi connectivity index (χ1v) is 6.78. The summed E-state index contributed by atoms with van der Waals surface area (Å²) < 4.78 is 10.4. The third kappa shape index (κ3) is 3.96. The quantitative estimate of drug-likeness (QED) is 0.732. The molecule has 0 N–H and O–H groups in total. The molecule has 1 heterocycles. The smallest absolute Gasteiger partial charge is 0.320 e. The van der Waals surface area contributed by atoms with Gasteiger partial charge in [-0.15, -0.1) is 0 Å². The van der Waals surface area contributed by atoms with Gasteiger partial charge in [0.2, 0.25) is 0 Å². The zero-order valence-corrected chi connectivity index (χ0v) is 11.6. The van der Waals surface area contributed by atoms with Gasteiger partial charge in [0.1, 0.15) is 5.75 Å². The molecular weight excluding hydrogens is 242 g/mol. The van der Waals surface area contributed by atoms with Gasteiger partial charge in [0.25, 0.3) is 0 Å². The summed E-state index contributed by atoms with van der Waals surface area (Å²) >= 11 is 0. The molecule has 0 fully saturated rings. The Hall–Kier alpha value is -1.55. The van der Waals surface area contributed by atoms with Crippen LogP contribution in [0.25, 0.3) is 0 Å². The Morgan fingerprint density at radius 1 is 1.47 bits per heavy atom. The molecule has 0 spiro atoms. The van der Waals surface area contributed by atoms with Gasteiger partial charge in [-0.1, -0.05) is 12.1 Å². The number of fused-ring (bicyclic) bond motifs is 1. The summed E-state index contributed by atoms with van der Waals surface area (Å²) in [6.45, 7) is 4.25. The first kappa shape index (κ1) is 13.9. The molecule has 1 aromatic rings. The van der Waals surface area contributed by atoms with Crippen LogP contribution in [0.2, 0.25) is 0 Å². The van der Waals surface area contributed by atoms with Crippen LogP contribution in [0.15, 0.2) is 18.2 Å². The Bertz CT molecular complexity index is 445. The summed E-state index contributed by atoms with van der Waals surface area (Å²) in [5.74, 6) is 0.857. The fraction of sp³-hybridized carbons (Fsp3) is 0.533. The average Bonchev–Trinajstić information content (AvgIpc) is 2.83. The zero-order valence-electron chi connectivity index (χ0n) is 11.6. The van der Waals surface area contributed by atoms with E-state index in [1.54, 1.807) is 0 Å². The van der Waals surface area contributed by atoms with Gasteiger partial charge < -0.3 is 9.47 Å². The number of ether oxygens (including phenoxy) is 2. The Kier molecular flexibility index (Phi) is 4.80. The summed E-state index contributed by atoms with van der Waals surface area (Å²) in [7, 11) is 1.94. The lowest BCUT2D eigenvalue weighted by Crippen LogP contribution is -2.29. The van der Waals surface area contributed by atoms with Crippen molar-refractivity contribution in [3.05, 3.63) is 29.3 Å². The second-order valence-electron chi connectivity index (χ2n) is 4.83. The molecule has 4 nitrogen and oxygen atoms in total. The molecule has 19 heavy (non-hydrogen) atoms. The van der Waals surface area contributed by atoms with Gasteiger partial charge in [-0.25, -0.2) is 0 Å². The van der Waals surface area contributed by atoms with Crippen molar-refractivity contribution in [2.45, 2.75) is 19.8 Å². The van der Waals surface area contributed by atoms with E-state index in [4.69, 9.17) is 9.47 Å². The Balaban J connectivity index is 1.80. The van der Waals surface area contributed by atoms with Crippen LogP contribution in [-0.2, 0) is 22.4 Å². The SMILES string of the molecule is CCOC(=O)CN(C)CCc1ccc2c(c1)CCO2. The van der Waals surface area contributed by atoms with Gasteiger partial charge in [0, 0.05) is 13.0 Å². The lowest BCUT2D eigenvalue weighted by atomic mass is 10.1. The van der Waals surface area contributed by atoms with Gasteiger partial charge in [-0.2, -0.15) is 0 Å². The summed E-state index contributed by atoms with van der Waals surface area (Å²) in [5.41, 5.74) is 2.59. The molecule has 0 saturated carbocycles. The van der Waals surface area contributed by atoms with Gasteiger partial charge in [0.15, 0.2) is 0 Å². The number of carbonyl (C=O) groups excluding carboxylic acids is 1. The van der Waals surface area contributed by atoms with Crippen molar-refractivity contribution in [3.63, 3.8) is 0 Å². The molecule has 0 radical (unpaired) electrons. The first-order chi connectivity index (χ1) is 9.19. The lowest BCUT2D eigenvalue weighted by molar-refractivity contribution is -0.144. The van der Waals surface area contributed by atoms with Crippen molar-refractivity contribution in [2.24, 2.45) is 0 Å². The molecule has 2 rings (SSSR count). The number of hydrogen-bond acceptors (Lipinski definition) is 4. The lowest BCUT2D eigenvalue weighted by Gasteiger charge is -2.15. The van der Waals surface area contributed by atoms with Crippen LogP contribution in [0.4, 0.5) is 0 Å². The van der Waals surface area contributed by atoms with Crippen molar-refractivity contribution in [1.82, 2.24) is 4.90 Å². The van der Waals surface area contributed by atoms with Gasteiger partial charge in [-0.05, 0) is 37.6 Å². The summed E-state index contributed by atoms with van der Waals surface area (Å²) in [6, 6.07) is 6.35. The van der Waals surface area contributed by atoms with Crippen molar-refractivity contribution in [3.8, 4) is 5.75 Å². The van der Waals surface area contributed by atoms with Crippen molar-refractivity contribution < 1.29 is 14.3 Å². The maximum atomic E-state index is 11.3. The monoisotopic (exact) mass is 263 g/mol. The molecule has 104 valence electrons. The van der Waals surface area contributed by atoms with E-state index in [2.05, 4.69) is 12.1 Å². The molecule has 0 aliphatic carbocycles. The second-order valence-corrected chi connectivity index (χ2v) is 4.83. The van der Waals surface area contributed by atoms with Crippen LogP contribution >= 0.6 is 0 Å². The van der Waals surface area contributed by atoms with Crippen LogP contribution in [0, 0.1) is 0 Å². The molecule has 0 atom stereocenters. The molecule has 0 bridgehead atoms. The van der Waals surface area contributed by atoms with Gasteiger partial charge in [-0.3, -0.25) is 9.69 Å². The first-order valence-electron chi connectivity index (χ1n) is 6.78. The minimum Gasteiger partial charge on any atom is -0.493 e. The number of rotatable bonds is 6. The molecule has 1 aliphatic heterocycles. The highest BCUT2D eigenvalue weighted by molar-refractivity contribution is 5.71. The van der Waals surface area contributed by atoms with Crippen LogP contribution in [0.3, 0.4) is 0 Å². The minimum atomic E-state index is -0.160. The van der Waals surface area contributed by atoms with Crippen LogP contribution in [0.5, 0.6) is 5.75 Å². The predicted molar refractivity (Wildman–Crippen MR) is 73.5 cm³/mol. The molecule has 4 heteroatoms. The summed E-state index contributed by atoms with van der Waals surface area (Å²) in [4.78, 5) is 13.3. The molecule has 0 aromatic heterocycles. The molecule has 1 aromatic carbocycles. The Labute approximate surface area is 114 Å². The highest BCUT2D eigenvalue weighted by Crippen LogP contribution is 2.25. The molecule has 0 saturated heterocycles. The maximum Gasteiger partial charge on any atom is 0.320 e. The molecule has 1 aliphatic rings. The van der Waals surface area contributed by atoms with E-state index in [1.165, 1.54) is 11.1 Å². The fourth-order valence-electron chi connectivity index (χ4n) is 2.22. The second kappa shape index (κ2) is 6.57. The van der Waals surface area contributed by atoms with Crippen LogP contribution in [-0.4, -0.2) is 44.2 Å². The van der Waals surface area contributed by atoms with Crippen LogP contribution < -0.4 is 4.74 Å². The topological polar surface area (TPSA) is 38.8 Å². The zero-order chi connectivity index (χ0) is 13.7. The predicted octanol–water partition coefficient (Wildman–Crippen LogP) is 1.66. The van der Waals surface area contributed by atoms with E-state index in [9.17, 15) is 4.79 Å². The van der Waals surface area contributed by atoms with E-state index in [0.717, 1.165) is 31.7 Å². The van der Waals surface area contributed by atoms with E-state index >= 15 is 0 Å². The highest BCUT2D eigenvalue weighted by atomic mass is 16.5. The minimum absolute atomic E-state index is 0.160. The molecule has 0 unspecified atom stereocenters. The van der Waals surface area contributed by atoms with Crippen molar-refractivity contribution >= 4 is 5.97 Å². The highest BCUT2D eigenvalue weighted by Gasteiger charge is 2.12. The number of benzene rings is 1. The maximum absolute atomic E-state index is 11.3.